The predicted molar refractivity (Wildman–Crippen MR) is 202 cm³/mol. The van der Waals surface area contributed by atoms with Crippen LogP contribution in [0.3, 0.4) is 0 Å². The number of amides is 1. The predicted octanol–water partition coefficient (Wildman–Crippen LogP) is 4.58. The number of carbonyl (C=O) groups excluding carboxylic acids is 3. The van der Waals surface area contributed by atoms with E-state index in [1.165, 1.54) is 11.3 Å². The van der Waals surface area contributed by atoms with Crippen LogP contribution in [0, 0.1) is 41.5 Å². The van der Waals surface area contributed by atoms with E-state index >= 15 is 0 Å². The van der Waals surface area contributed by atoms with Crippen LogP contribution in [-0.2, 0) is 35.8 Å². The molecule has 13 nitrogen and oxygen atoms in total. The van der Waals surface area contributed by atoms with Crippen molar-refractivity contribution in [1.29, 1.82) is 0 Å². The summed E-state index contributed by atoms with van der Waals surface area (Å²) >= 11 is 0. The van der Waals surface area contributed by atoms with Gasteiger partial charge in [-0.1, -0.05) is 60.7 Å². The molecule has 0 spiro atoms. The molecule has 6 rings (SSSR count). The molecule has 0 bridgehead atoms. The highest BCUT2D eigenvalue weighted by atomic mass is 16.2. The summed E-state index contributed by atoms with van der Waals surface area (Å²) in [4.78, 5) is 57.4. The largest absolute Gasteiger partial charge is 0.373 e. The minimum Gasteiger partial charge on any atom is -0.348 e. The zero-order valence-corrected chi connectivity index (χ0v) is 30.9. The fraction of sp³-hybridized carbons (Fsp3) is 0.250. The van der Waals surface area contributed by atoms with Gasteiger partial charge in [0.05, 0.1) is 24.8 Å². The topological polar surface area (TPSA) is 191 Å². The van der Waals surface area contributed by atoms with Crippen LogP contribution in [0.15, 0.2) is 101 Å². The van der Waals surface area contributed by atoms with Gasteiger partial charge in [-0.2, -0.15) is 19.8 Å². The number of pyridine rings is 2. The standard InChI is InChI=1S/C20H22N4O2.C11H12N2.C8H12N2O.CO2/c1-13-9-14(2)23-20(26)17(13)10-21-19(25)18-11-22-24(15(18)3)12-16-7-5-4-6-8-16;1-10-7-8-12-13(10)9-11-5-3-2-4-6-11;1-5-3-6(2)10-8(11)7(5)4-9;2-1-3/h4-9,11H,10,12H2,1-3H3,(H,21,25)(H,23,26);2-8H,9H2,1H3;3H,4,9H2,1-2H3,(H,10,11);. The van der Waals surface area contributed by atoms with E-state index in [1.807, 2.05) is 112 Å². The maximum absolute atomic E-state index is 12.5. The number of carbonyl (C=O) groups is 1. The highest BCUT2D eigenvalue weighted by molar-refractivity contribution is 5.95. The lowest BCUT2D eigenvalue weighted by molar-refractivity contribution is -0.191. The molecule has 276 valence electrons. The van der Waals surface area contributed by atoms with Gasteiger partial charge in [-0.3, -0.25) is 23.7 Å². The van der Waals surface area contributed by atoms with Crippen LogP contribution < -0.4 is 22.2 Å². The van der Waals surface area contributed by atoms with Crippen molar-refractivity contribution in [2.24, 2.45) is 5.73 Å². The van der Waals surface area contributed by atoms with Crippen molar-refractivity contribution >= 4 is 12.1 Å². The molecular formula is C40H46N8O5. The summed E-state index contributed by atoms with van der Waals surface area (Å²) in [7, 11) is 0. The Morgan fingerprint density at radius 2 is 1.23 bits per heavy atom. The summed E-state index contributed by atoms with van der Waals surface area (Å²) in [6, 6.07) is 26.1. The van der Waals surface area contributed by atoms with E-state index in [1.54, 1.807) is 10.9 Å². The highest BCUT2D eigenvalue weighted by Gasteiger charge is 2.15. The number of aromatic nitrogens is 6. The summed E-state index contributed by atoms with van der Waals surface area (Å²) in [5.74, 6) is -0.235. The zero-order valence-electron chi connectivity index (χ0n) is 30.9. The normalized spacial score (nSPS) is 10.0. The second-order valence-electron chi connectivity index (χ2n) is 12.3. The Hall–Kier alpha value is -6.43. The third kappa shape index (κ3) is 12.4. The van der Waals surface area contributed by atoms with Gasteiger partial charge in [0.15, 0.2) is 0 Å². The second-order valence-corrected chi connectivity index (χ2v) is 12.3. The highest BCUT2D eigenvalue weighted by Crippen LogP contribution is 2.11. The minimum atomic E-state index is -0.235. The first kappa shape index (κ1) is 41.0. The lowest BCUT2D eigenvalue weighted by Gasteiger charge is -2.09. The van der Waals surface area contributed by atoms with E-state index in [4.69, 9.17) is 15.3 Å². The quantitative estimate of drug-likeness (QED) is 0.176. The van der Waals surface area contributed by atoms with E-state index in [9.17, 15) is 14.4 Å². The summed E-state index contributed by atoms with van der Waals surface area (Å²) in [5.41, 5.74) is 14.8. The number of benzene rings is 2. The van der Waals surface area contributed by atoms with E-state index in [-0.39, 0.29) is 29.7 Å². The molecule has 0 saturated heterocycles. The molecule has 5 N–H and O–H groups in total. The van der Waals surface area contributed by atoms with Gasteiger partial charge in [0.2, 0.25) is 0 Å². The molecule has 0 fully saturated rings. The Kier molecular flexibility index (Phi) is 15.8. The van der Waals surface area contributed by atoms with Crippen LogP contribution in [0.4, 0.5) is 0 Å². The molecule has 0 aliphatic carbocycles. The van der Waals surface area contributed by atoms with Gasteiger partial charge in [0.1, 0.15) is 0 Å². The van der Waals surface area contributed by atoms with Gasteiger partial charge in [-0.05, 0) is 82.0 Å². The van der Waals surface area contributed by atoms with E-state index in [0.717, 1.165) is 40.3 Å². The molecule has 0 saturated carbocycles. The third-order valence-corrected chi connectivity index (χ3v) is 8.24. The van der Waals surface area contributed by atoms with Crippen molar-refractivity contribution in [3.8, 4) is 0 Å². The molecule has 1 amide bonds. The molecule has 0 radical (unpaired) electrons. The van der Waals surface area contributed by atoms with Crippen molar-refractivity contribution in [2.45, 2.75) is 67.7 Å². The van der Waals surface area contributed by atoms with Crippen LogP contribution in [0.1, 0.15) is 66.5 Å². The molecule has 0 unspecified atom stereocenters. The van der Waals surface area contributed by atoms with Crippen LogP contribution in [0.2, 0.25) is 0 Å². The van der Waals surface area contributed by atoms with Crippen molar-refractivity contribution in [3.63, 3.8) is 0 Å². The summed E-state index contributed by atoms with van der Waals surface area (Å²) < 4.78 is 3.80. The lowest BCUT2D eigenvalue weighted by atomic mass is 10.1. The number of nitrogens with one attached hydrogen (secondary N) is 3. The number of H-pyrrole nitrogens is 2. The first-order valence-corrected chi connectivity index (χ1v) is 16.8. The fourth-order valence-electron chi connectivity index (χ4n) is 5.41. The average Bonchev–Trinajstić information content (AvgIpc) is 3.69. The average molecular weight is 719 g/mol. The Morgan fingerprint density at radius 1 is 0.736 bits per heavy atom. The molecule has 13 heteroatoms. The SMILES string of the molecule is Cc1cc(C)c(CN)c(=O)[nH]1.Cc1cc(C)c(CNC(=O)c2cnn(Cc3ccccc3)c2C)c(=O)[nH]1.Cc1ccnn1Cc1ccccc1.O=C=O. The van der Waals surface area contributed by atoms with Crippen LogP contribution in [0.5, 0.6) is 0 Å². The van der Waals surface area contributed by atoms with Crippen molar-refractivity contribution in [3.05, 3.63) is 174 Å². The maximum Gasteiger partial charge on any atom is 0.373 e. The van der Waals surface area contributed by atoms with Gasteiger partial charge in [0, 0.05) is 53.2 Å². The molecule has 4 aromatic heterocycles. The van der Waals surface area contributed by atoms with Crippen LogP contribution >= 0.6 is 0 Å². The second kappa shape index (κ2) is 20.4. The Balaban J connectivity index is 0.000000232. The fourth-order valence-corrected chi connectivity index (χ4v) is 5.41. The molecule has 0 atom stereocenters. The molecular weight excluding hydrogens is 672 g/mol. The Bertz CT molecular complexity index is 2230. The van der Waals surface area contributed by atoms with E-state index in [2.05, 4.69) is 44.5 Å². The van der Waals surface area contributed by atoms with Gasteiger partial charge in [-0.25, -0.2) is 0 Å². The van der Waals surface area contributed by atoms with Crippen LogP contribution in [-0.4, -0.2) is 41.6 Å². The van der Waals surface area contributed by atoms with Crippen molar-refractivity contribution in [1.82, 2.24) is 34.8 Å². The number of nitrogens with two attached hydrogens (primary N) is 1. The Morgan fingerprint density at radius 3 is 1.68 bits per heavy atom. The number of aromatic amines is 2. The first-order chi connectivity index (χ1) is 25.4. The number of hydrogen-bond acceptors (Lipinski definition) is 8. The molecule has 0 aliphatic rings. The van der Waals surface area contributed by atoms with Crippen molar-refractivity contribution < 1.29 is 14.4 Å². The summed E-state index contributed by atoms with van der Waals surface area (Å²) in [5, 5.41) is 11.4. The van der Waals surface area contributed by atoms with Gasteiger partial charge in [-0.15, -0.1) is 0 Å². The van der Waals surface area contributed by atoms with Gasteiger partial charge >= 0.3 is 6.15 Å². The Labute approximate surface area is 307 Å². The summed E-state index contributed by atoms with van der Waals surface area (Å²) in [6.45, 7) is 13.3. The summed E-state index contributed by atoms with van der Waals surface area (Å²) in [6.07, 6.45) is 3.65. The number of hydrogen-bond donors (Lipinski definition) is 4. The van der Waals surface area contributed by atoms with Crippen molar-refractivity contribution in [2.75, 3.05) is 0 Å². The molecule has 2 aromatic carbocycles. The van der Waals surface area contributed by atoms with Gasteiger partial charge < -0.3 is 21.0 Å². The molecule has 53 heavy (non-hydrogen) atoms. The number of rotatable bonds is 8. The number of nitrogens with zero attached hydrogens (tertiary/aromatic N) is 4. The minimum absolute atomic E-state index is 0.0648. The molecule has 4 heterocycles. The van der Waals surface area contributed by atoms with E-state index in [0.29, 0.717) is 29.8 Å². The van der Waals surface area contributed by atoms with E-state index < -0.39 is 0 Å². The lowest BCUT2D eigenvalue weighted by Crippen LogP contribution is -2.28. The first-order valence-electron chi connectivity index (χ1n) is 16.8. The maximum atomic E-state index is 12.5. The van der Waals surface area contributed by atoms with Crippen LogP contribution in [0.25, 0.3) is 0 Å². The van der Waals surface area contributed by atoms with Gasteiger partial charge in [0.25, 0.3) is 17.0 Å². The number of aryl methyl sites for hydroxylation is 5. The molecule has 0 aliphatic heterocycles. The monoisotopic (exact) mass is 718 g/mol. The zero-order chi connectivity index (χ0) is 38.9. The molecule has 6 aromatic rings. The smallest absolute Gasteiger partial charge is 0.348 e. The third-order valence-electron chi connectivity index (χ3n) is 8.24.